The van der Waals surface area contributed by atoms with Crippen LogP contribution in [0.2, 0.25) is 0 Å². The summed E-state index contributed by atoms with van der Waals surface area (Å²) in [6, 6.07) is -0.369. The first kappa shape index (κ1) is 17.5. The molecule has 0 spiro atoms. The molecule has 3 N–H and O–H groups in total. The standard InChI is InChI=1S/C15H27N3O3/c1-6-12(13-10(3)18-21-11(13)4)16-14(20)17-15(5,7-2)8-9-19/h12,19H,6-9H2,1-5H3,(H2,16,17,20). The number of aliphatic hydroxyl groups is 1. The van der Waals surface area contributed by atoms with Crippen LogP contribution in [-0.2, 0) is 0 Å². The summed E-state index contributed by atoms with van der Waals surface area (Å²) in [4.78, 5) is 12.2. The number of amides is 2. The van der Waals surface area contributed by atoms with Crippen LogP contribution in [0.4, 0.5) is 4.79 Å². The van der Waals surface area contributed by atoms with Crippen LogP contribution in [0.5, 0.6) is 0 Å². The Bertz CT molecular complexity index is 453. The van der Waals surface area contributed by atoms with Gasteiger partial charge >= 0.3 is 6.03 Å². The zero-order valence-electron chi connectivity index (χ0n) is 13.6. The molecule has 0 bridgehead atoms. The van der Waals surface area contributed by atoms with Gasteiger partial charge in [0.15, 0.2) is 0 Å². The fraction of sp³-hybridized carbons (Fsp3) is 0.733. The smallest absolute Gasteiger partial charge is 0.315 e. The number of aryl methyl sites for hydroxylation is 2. The second-order valence-corrected chi connectivity index (χ2v) is 5.68. The molecule has 1 rings (SSSR count). The van der Waals surface area contributed by atoms with E-state index in [1.165, 1.54) is 0 Å². The molecule has 0 saturated carbocycles. The number of aromatic nitrogens is 1. The number of carbonyl (C=O) groups excluding carboxylic acids is 1. The van der Waals surface area contributed by atoms with E-state index >= 15 is 0 Å². The van der Waals surface area contributed by atoms with Crippen molar-refractivity contribution in [2.45, 2.75) is 65.5 Å². The first-order valence-electron chi connectivity index (χ1n) is 7.49. The molecule has 1 aromatic heterocycles. The van der Waals surface area contributed by atoms with Crippen LogP contribution >= 0.6 is 0 Å². The minimum absolute atomic E-state index is 0.0473. The van der Waals surface area contributed by atoms with Gasteiger partial charge in [0, 0.05) is 17.7 Å². The first-order valence-corrected chi connectivity index (χ1v) is 7.49. The van der Waals surface area contributed by atoms with Crippen molar-refractivity contribution < 1.29 is 14.4 Å². The molecule has 1 aromatic rings. The van der Waals surface area contributed by atoms with Crippen molar-refractivity contribution in [1.29, 1.82) is 0 Å². The van der Waals surface area contributed by atoms with Crippen molar-refractivity contribution in [3.8, 4) is 0 Å². The Morgan fingerprint density at radius 3 is 2.52 bits per heavy atom. The average molecular weight is 297 g/mol. The van der Waals surface area contributed by atoms with E-state index in [1.807, 2.05) is 34.6 Å². The second-order valence-electron chi connectivity index (χ2n) is 5.68. The summed E-state index contributed by atoms with van der Waals surface area (Å²) in [5.74, 6) is 0.730. The number of nitrogens with zero attached hydrogens (tertiary/aromatic N) is 1. The van der Waals surface area contributed by atoms with Crippen LogP contribution in [-0.4, -0.2) is 28.4 Å². The molecule has 2 unspecified atom stereocenters. The summed E-state index contributed by atoms with van der Waals surface area (Å²) in [6.45, 7) is 9.69. The van der Waals surface area contributed by atoms with Crippen LogP contribution in [0, 0.1) is 13.8 Å². The third-order valence-electron chi connectivity index (χ3n) is 4.01. The largest absolute Gasteiger partial charge is 0.396 e. The monoisotopic (exact) mass is 297 g/mol. The predicted octanol–water partition coefficient (Wildman–Crippen LogP) is 2.59. The van der Waals surface area contributed by atoms with Crippen molar-refractivity contribution in [2.75, 3.05) is 6.61 Å². The SMILES string of the molecule is CCC(NC(=O)NC(C)(CC)CCO)c1c(C)noc1C. The zero-order chi connectivity index (χ0) is 16.0. The van der Waals surface area contributed by atoms with Gasteiger partial charge in [0.1, 0.15) is 5.76 Å². The highest BCUT2D eigenvalue weighted by Crippen LogP contribution is 2.24. The number of nitrogens with one attached hydrogen (secondary N) is 2. The summed E-state index contributed by atoms with van der Waals surface area (Å²) >= 11 is 0. The maximum absolute atomic E-state index is 12.2. The van der Waals surface area contributed by atoms with Crippen molar-refractivity contribution in [2.24, 2.45) is 0 Å². The molecule has 6 nitrogen and oxygen atoms in total. The van der Waals surface area contributed by atoms with Gasteiger partial charge in [0.05, 0.1) is 11.7 Å². The van der Waals surface area contributed by atoms with E-state index in [1.54, 1.807) is 0 Å². The molecule has 0 aliphatic carbocycles. The van der Waals surface area contributed by atoms with Crippen molar-refractivity contribution >= 4 is 6.03 Å². The normalized spacial score (nSPS) is 15.3. The number of carbonyl (C=O) groups is 1. The van der Waals surface area contributed by atoms with E-state index in [0.717, 1.165) is 29.9 Å². The zero-order valence-corrected chi connectivity index (χ0v) is 13.6. The van der Waals surface area contributed by atoms with Gasteiger partial charge in [-0.3, -0.25) is 0 Å². The lowest BCUT2D eigenvalue weighted by atomic mass is 9.95. The third kappa shape index (κ3) is 4.46. The minimum atomic E-state index is -0.407. The van der Waals surface area contributed by atoms with E-state index in [4.69, 9.17) is 9.63 Å². The molecule has 0 fully saturated rings. The third-order valence-corrected chi connectivity index (χ3v) is 4.01. The summed E-state index contributed by atoms with van der Waals surface area (Å²) in [7, 11) is 0. The van der Waals surface area contributed by atoms with E-state index in [-0.39, 0.29) is 18.7 Å². The fourth-order valence-electron chi connectivity index (χ4n) is 2.41. The van der Waals surface area contributed by atoms with Crippen LogP contribution in [0.3, 0.4) is 0 Å². The number of hydrogen-bond donors (Lipinski definition) is 3. The molecule has 21 heavy (non-hydrogen) atoms. The minimum Gasteiger partial charge on any atom is -0.396 e. The van der Waals surface area contributed by atoms with Crippen LogP contribution in [0.15, 0.2) is 4.52 Å². The Labute approximate surface area is 126 Å². The van der Waals surface area contributed by atoms with E-state index in [9.17, 15) is 4.79 Å². The molecule has 0 aromatic carbocycles. The van der Waals surface area contributed by atoms with Crippen molar-refractivity contribution in [3.63, 3.8) is 0 Å². The van der Waals surface area contributed by atoms with E-state index in [0.29, 0.717) is 6.42 Å². The summed E-state index contributed by atoms with van der Waals surface area (Å²) < 4.78 is 5.17. The summed E-state index contributed by atoms with van der Waals surface area (Å²) in [5, 5.41) is 19.0. The highest BCUT2D eigenvalue weighted by molar-refractivity contribution is 5.75. The molecule has 1 heterocycles. The predicted molar refractivity (Wildman–Crippen MR) is 81.1 cm³/mol. The Hall–Kier alpha value is -1.56. The number of aliphatic hydroxyl groups excluding tert-OH is 1. The highest BCUT2D eigenvalue weighted by atomic mass is 16.5. The summed E-state index contributed by atoms with van der Waals surface area (Å²) in [5.41, 5.74) is 1.33. The van der Waals surface area contributed by atoms with E-state index < -0.39 is 5.54 Å². The molecule has 6 heteroatoms. The molecule has 120 valence electrons. The maximum Gasteiger partial charge on any atom is 0.315 e. The lowest BCUT2D eigenvalue weighted by Crippen LogP contribution is -2.51. The topological polar surface area (TPSA) is 87.4 Å². The quantitative estimate of drug-likeness (QED) is 0.722. The lowest BCUT2D eigenvalue weighted by molar-refractivity contribution is 0.198. The van der Waals surface area contributed by atoms with Crippen LogP contribution in [0.1, 0.15) is 63.1 Å². The van der Waals surface area contributed by atoms with Gasteiger partial charge in [0.2, 0.25) is 0 Å². The molecular formula is C15H27N3O3. The molecule has 0 saturated heterocycles. The Balaban J connectivity index is 2.76. The molecule has 2 amide bonds. The average Bonchev–Trinajstić information content (AvgIpc) is 2.76. The number of hydrogen-bond acceptors (Lipinski definition) is 4. The van der Waals surface area contributed by atoms with Gasteiger partial charge < -0.3 is 20.3 Å². The van der Waals surface area contributed by atoms with Gasteiger partial charge in [-0.15, -0.1) is 0 Å². The number of rotatable bonds is 7. The maximum atomic E-state index is 12.2. The van der Waals surface area contributed by atoms with Crippen molar-refractivity contribution in [3.05, 3.63) is 17.0 Å². The fourth-order valence-corrected chi connectivity index (χ4v) is 2.41. The van der Waals surface area contributed by atoms with Crippen LogP contribution < -0.4 is 10.6 Å². The molecule has 0 radical (unpaired) electrons. The molecule has 0 aliphatic heterocycles. The van der Waals surface area contributed by atoms with Gasteiger partial charge in [-0.25, -0.2) is 4.79 Å². The van der Waals surface area contributed by atoms with Gasteiger partial charge in [-0.1, -0.05) is 19.0 Å². The molecular weight excluding hydrogens is 270 g/mol. The second kappa shape index (κ2) is 7.45. The van der Waals surface area contributed by atoms with Crippen LogP contribution in [0.25, 0.3) is 0 Å². The highest BCUT2D eigenvalue weighted by Gasteiger charge is 2.26. The van der Waals surface area contributed by atoms with Gasteiger partial charge in [-0.2, -0.15) is 0 Å². The Kier molecular flexibility index (Phi) is 6.20. The van der Waals surface area contributed by atoms with Gasteiger partial charge in [-0.05, 0) is 40.0 Å². The first-order chi connectivity index (χ1) is 9.86. The molecule has 2 atom stereocenters. The van der Waals surface area contributed by atoms with Crippen molar-refractivity contribution in [1.82, 2.24) is 15.8 Å². The lowest BCUT2D eigenvalue weighted by Gasteiger charge is -2.30. The Morgan fingerprint density at radius 2 is 2.10 bits per heavy atom. The van der Waals surface area contributed by atoms with E-state index in [2.05, 4.69) is 15.8 Å². The summed E-state index contributed by atoms with van der Waals surface area (Å²) in [6.07, 6.45) is 2.03. The number of urea groups is 1. The van der Waals surface area contributed by atoms with Gasteiger partial charge in [0.25, 0.3) is 0 Å². The molecule has 0 aliphatic rings. The Morgan fingerprint density at radius 1 is 1.43 bits per heavy atom.